The molecule has 0 bridgehead atoms. The Morgan fingerprint density at radius 3 is 1.85 bits per heavy atom. The SMILES string of the molecule is CCC1CCC(CC)C(CC)C1C. The van der Waals surface area contributed by atoms with E-state index in [9.17, 15) is 0 Å². The molecule has 0 saturated heterocycles. The second-order valence-electron chi connectivity index (χ2n) is 4.85. The van der Waals surface area contributed by atoms with E-state index in [1.165, 1.54) is 32.1 Å². The van der Waals surface area contributed by atoms with E-state index in [0.29, 0.717) is 0 Å². The van der Waals surface area contributed by atoms with Crippen molar-refractivity contribution in [2.75, 3.05) is 0 Å². The third kappa shape index (κ3) is 2.27. The van der Waals surface area contributed by atoms with Crippen LogP contribution >= 0.6 is 0 Å². The molecule has 0 heteroatoms. The first kappa shape index (κ1) is 11.1. The molecule has 1 aliphatic rings. The summed E-state index contributed by atoms with van der Waals surface area (Å²) in [5.74, 6) is 4.05. The van der Waals surface area contributed by atoms with Crippen LogP contribution in [0.15, 0.2) is 0 Å². The van der Waals surface area contributed by atoms with Crippen LogP contribution in [0.25, 0.3) is 0 Å². The van der Waals surface area contributed by atoms with Gasteiger partial charge in [-0.25, -0.2) is 0 Å². The lowest BCUT2D eigenvalue weighted by atomic mass is 9.65. The highest BCUT2D eigenvalue weighted by atomic mass is 14.4. The summed E-state index contributed by atoms with van der Waals surface area (Å²) in [5.41, 5.74) is 0. The van der Waals surface area contributed by atoms with Crippen LogP contribution in [0.2, 0.25) is 0 Å². The normalized spacial score (nSPS) is 40.6. The van der Waals surface area contributed by atoms with Gasteiger partial charge in [-0.15, -0.1) is 0 Å². The molecule has 1 fully saturated rings. The van der Waals surface area contributed by atoms with Crippen molar-refractivity contribution in [2.45, 2.75) is 59.8 Å². The highest BCUT2D eigenvalue weighted by molar-refractivity contribution is 4.83. The third-order valence-electron chi connectivity index (χ3n) is 4.45. The van der Waals surface area contributed by atoms with Gasteiger partial charge in [-0.05, 0) is 36.5 Å². The summed E-state index contributed by atoms with van der Waals surface area (Å²) in [4.78, 5) is 0. The Hall–Kier alpha value is 0. The molecule has 0 radical (unpaired) electrons. The maximum absolute atomic E-state index is 2.49. The van der Waals surface area contributed by atoms with Gasteiger partial charge in [0, 0.05) is 0 Å². The highest BCUT2D eigenvalue weighted by Crippen LogP contribution is 2.42. The molecule has 0 aromatic heterocycles. The fourth-order valence-electron chi connectivity index (χ4n) is 3.47. The Bertz CT molecular complexity index is 139. The summed E-state index contributed by atoms with van der Waals surface area (Å²) >= 11 is 0. The Kier molecular flexibility index (Phi) is 4.28. The van der Waals surface area contributed by atoms with Crippen LogP contribution in [-0.4, -0.2) is 0 Å². The zero-order valence-corrected chi connectivity index (χ0v) is 9.84. The van der Waals surface area contributed by atoms with E-state index in [-0.39, 0.29) is 0 Å². The Balaban J connectivity index is 2.59. The standard InChI is InChI=1S/C13H26/c1-5-11-8-9-12(6-2)13(7-3)10(11)4/h10-13H,5-9H2,1-4H3. The summed E-state index contributed by atoms with van der Waals surface area (Å²) in [6, 6.07) is 0. The number of hydrogen-bond donors (Lipinski definition) is 0. The lowest BCUT2D eigenvalue weighted by Gasteiger charge is -2.41. The van der Waals surface area contributed by atoms with Gasteiger partial charge in [-0.2, -0.15) is 0 Å². The fraction of sp³-hybridized carbons (Fsp3) is 1.00. The van der Waals surface area contributed by atoms with Crippen LogP contribution in [0.5, 0.6) is 0 Å². The molecule has 1 aliphatic carbocycles. The molecule has 13 heavy (non-hydrogen) atoms. The summed E-state index contributed by atoms with van der Waals surface area (Å²) in [7, 11) is 0. The Morgan fingerprint density at radius 2 is 1.38 bits per heavy atom. The molecule has 4 unspecified atom stereocenters. The van der Waals surface area contributed by atoms with E-state index in [4.69, 9.17) is 0 Å². The monoisotopic (exact) mass is 182 g/mol. The quantitative estimate of drug-likeness (QED) is 0.603. The van der Waals surface area contributed by atoms with Crippen LogP contribution in [-0.2, 0) is 0 Å². The lowest BCUT2D eigenvalue weighted by molar-refractivity contribution is 0.0928. The maximum Gasteiger partial charge on any atom is -0.0360 e. The van der Waals surface area contributed by atoms with Gasteiger partial charge >= 0.3 is 0 Å². The van der Waals surface area contributed by atoms with Crippen molar-refractivity contribution < 1.29 is 0 Å². The van der Waals surface area contributed by atoms with Crippen LogP contribution in [0, 0.1) is 23.7 Å². The summed E-state index contributed by atoms with van der Waals surface area (Å²) in [6.07, 6.45) is 7.19. The van der Waals surface area contributed by atoms with Crippen molar-refractivity contribution in [2.24, 2.45) is 23.7 Å². The summed E-state index contributed by atoms with van der Waals surface area (Å²) in [5, 5.41) is 0. The largest absolute Gasteiger partial charge is 0.0651 e. The first-order chi connectivity index (χ1) is 6.24. The van der Waals surface area contributed by atoms with Crippen molar-refractivity contribution in [3.63, 3.8) is 0 Å². The molecule has 78 valence electrons. The lowest BCUT2D eigenvalue weighted by Crippen LogP contribution is -2.32. The number of rotatable bonds is 3. The molecule has 0 N–H and O–H groups in total. The molecule has 0 aromatic carbocycles. The number of hydrogen-bond acceptors (Lipinski definition) is 0. The minimum Gasteiger partial charge on any atom is -0.0651 e. The molecule has 4 atom stereocenters. The van der Waals surface area contributed by atoms with Gasteiger partial charge in [0.15, 0.2) is 0 Å². The van der Waals surface area contributed by atoms with Gasteiger partial charge in [0.05, 0.1) is 0 Å². The van der Waals surface area contributed by atoms with Crippen molar-refractivity contribution in [3.05, 3.63) is 0 Å². The van der Waals surface area contributed by atoms with E-state index in [1.807, 2.05) is 0 Å². The van der Waals surface area contributed by atoms with Gasteiger partial charge in [0.25, 0.3) is 0 Å². The van der Waals surface area contributed by atoms with Gasteiger partial charge in [0.2, 0.25) is 0 Å². The summed E-state index contributed by atoms with van der Waals surface area (Å²) < 4.78 is 0. The smallest absolute Gasteiger partial charge is 0.0360 e. The molecule has 0 aromatic rings. The van der Waals surface area contributed by atoms with Crippen molar-refractivity contribution in [1.82, 2.24) is 0 Å². The second kappa shape index (κ2) is 5.02. The van der Waals surface area contributed by atoms with Crippen LogP contribution in [0.1, 0.15) is 59.8 Å². The zero-order chi connectivity index (χ0) is 9.84. The second-order valence-corrected chi connectivity index (χ2v) is 4.85. The molecule has 1 rings (SSSR count). The van der Waals surface area contributed by atoms with E-state index in [1.54, 1.807) is 0 Å². The minimum atomic E-state index is 0.980. The zero-order valence-electron chi connectivity index (χ0n) is 9.84. The van der Waals surface area contributed by atoms with Crippen LogP contribution in [0.4, 0.5) is 0 Å². The Labute approximate surface area is 84.1 Å². The van der Waals surface area contributed by atoms with Gasteiger partial charge in [-0.1, -0.05) is 47.0 Å². The van der Waals surface area contributed by atoms with E-state index >= 15 is 0 Å². The molecule has 0 nitrogen and oxygen atoms in total. The molecular formula is C13H26. The first-order valence-electron chi connectivity index (χ1n) is 6.24. The average molecular weight is 182 g/mol. The van der Waals surface area contributed by atoms with Crippen LogP contribution < -0.4 is 0 Å². The van der Waals surface area contributed by atoms with E-state index in [0.717, 1.165) is 23.7 Å². The molecule has 0 spiro atoms. The topological polar surface area (TPSA) is 0 Å². The first-order valence-corrected chi connectivity index (χ1v) is 6.24. The fourth-order valence-corrected chi connectivity index (χ4v) is 3.47. The van der Waals surface area contributed by atoms with Gasteiger partial charge in [-0.3, -0.25) is 0 Å². The average Bonchev–Trinajstić information content (AvgIpc) is 2.17. The molecule has 0 heterocycles. The molecular weight excluding hydrogens is 156 g/mol. The van der Waals surface area contributed by atoms with Crippen LogP contribution in [0.3, 0.4) is 0 Å². The maximum atomic E-state index is 2.49. The Morgan fingerprint density at radius 1 is 0.846 bits per heavy atom. The molecule has 1 saturated carbocycles. The van der Waals surface area contributed by atoms with Gasteiger partial charge < -0.3 is 0 Å². The minimum absolute atomic E-state index is 0.980. The highest BCUT2D eigenvalue weighted by Gasteiger charge is 2.33. The van der Waals surface area contributed by atoms with Crippen molar-refractivity contribution in [3.8, 4) is 0 Å². The van der Waals surface area contributed by atoms with E-state index in [2.05, 4.69) is 27.7 Å². The molecule has 0 aliphatic heterocycles. The third-order valence-corrected chi connectivity index (χ3v) is 4.45. The molecule has 0 amide bonds. The van der Waals surface area contributed by atoms with Crippen molar-refractivity contribution >= 4 is 0 Å². The van der Waals surface area contributed by atoms with E-state index < -0.39 is 0 Å². The van der Waals surface area contributed by atoms with Gasteiger partial charge in [0.1, 0.15) is 0 Å². The summed E-state index contributed by atoms with van der Waals surface area (Å²) in [6.45, 7) is 9.60. The van der Waals surface area contributed by atoms with Crippen molar-refractivity contribution in [1.29, 1.82) is 0 Å². The predicted octanol–water partition coefficient (Wildman–Crippen LogP) is 4.49. The predicted molar refractivity (Wildman–Crippen MR) is 59.7 cm³/mol.